The molecule has 19 heavy (non-hydrogen) atoms. The van der Waals surface area contributed by atoms with Crippen LogP contribution in [0.1, 0.15) is 32.3 Å². The SMILES string of the molecule is CCC(CC)(CN)CNC(=O)Cc1cccc(F)c1. The Hall–Kier alpha value is -1.42. The summed E-state index contributed by atoms with van der Waals surface area (Å²) in [5.41, 5.74) is 6.44. The number of amides is 1. The lowest BCUT2D eigenvalue weighted by Crippen LogP contribution is -2.42. The molecule has 3 nitrogen and oxygen atoms in total. The first-order valence-electron chi connectivity index (χ1n) is 6.76. The Kier molecular flexibility index (Phi) is 5.96. The number of hydrogen-bond donors (Lipinski definition) is 2. The monoisotopic (exact) mass is 266 g/mol. The molecule has 1 rings (SSSR count). The lowest BCUT2D eigenvalue weighted by atomic mass is 9.82. The van der Waals surface area contributed by atoms with E-state index in [0.717, 1.165) is 12.8 Å². The molecule has 0 spiro atoms. The predicted octanol–water partition coefficient (Wildman–Crippen LogP) is 2.25. The maximum Gasteiger partial charge on any atom is 0.224 e. The quantitative estimate of drug-likeness (QED) is 0.795. The van der Waals surface area contributed by atoms with Gasteiger partial charge in [-0.25, -0.2) is 4.39 Å². The Balaban J connectivity index is 2.52. The predicted molar refractivity (Wildman–Crippen MR) is 75.2 cm³/mol. The summed E-state index contributed by atoms with van der Waals surface area (Å²) in [6, 6.07) is 6.11. The molecule has 0 bridgehead atoms. The lowest BCUT2D eigenvalue weighted by molar-refractivity contribution is -0.121. The lowest BCUT2D eigenvalue weighted by Gasteiger charge is -2.30. The smallest absolute Gasteiger partial charge is 0.224 e. The van der Waals surface area contributed by atoms with Crippen LogP contribution in [-0.2, 0) is 11.2 Å². The number of halogens is 1. The van der Waals surface area contributed by atoms with Crippen molar-refractivity contribution >= 4 is 5.91 Å². The van der Waals surface area contributed by atoms with Crippen LogP contribution in [0.4, 0.5) is 4.39 Å². The summed E-state index contributed by atoms with van der Waals surface area (Å²) in [6.45, 7) is 5.29. The zero-order valence-electron chi connectivity index (χ0n) is 11.7. The van der Waals surface area contributed by atoms with Crippen LogP contribution in [0.3, 0.4) is 0 Å². The number of nitrogens with one attached hydrogen (secondary N) is 1. The van der Waals surface area contributed by atoms with Gasteiger partial charge in [0.05, 0.1) is 6.42 Å². The van der Waals surface area contributed by atoms with Gasteiger partial charge in [0.15, 0.2) is 0 Å². The number of benzene rings is 1. The standard InChI is InChI=1S/C15H23FN2O/c1-3-15(4-2,10-17)11-18-14(19)9-12-6-5-7-13(16)8-12/h5-8H,3-4,9-11,17H2,1-2H3,(H,18,19). The number of carbonyl (C=O) groups is 1. The second-order valence-electron chi connectivity index (χ2n) is 4.99. The molecule has 0 fully saturated rings. The third-order valence-corrected chi connectivity index (χ3v) is 3.85. The van der Waals surface area contributed by atoms with E-state index in [0.29, 0.717) is 18.7 Å². The van der Waals surface area contributed by atoms with Crippen LogP contribution in [0.2, 0.25) is 0 Å². The first-order valence-corrected chi connectivity index (χ1v) is 6.76. The topological polar surface area (TPSA) is 55.1 Å². The van der Waals surface area contributed by atoms with Crippen molar-refractivity contribution < 1.29 is 9.18 Å². The molecule has 1 aromatic rings. The highest BCUT2D eigenvalue weighted by Gasteiger charge is 2.24. The van der Waals surface area contributed by atoms with Crippen LogP contribution in [0, 0.1) is 11.2 Å². The fourth-order valence-electron chi connectivity index (χ4n) is 2.04. The second-order valence-corrected chi connectivity index (χ2v) is 4.99. The van der Waals surface area contributed by atoms with E-state index in [9.17, 15) is 9.18 Å². The van der Waals surface area contributed by atoms with Crippen LogP contribution in [0.5, 0.6) is 0 Å². The van der Waals surface area contributed by atoms with Gasteiger partial charge in [-0.2, -0.15) is 0 Å². The first kappa shape index (κ1) is 15.6. The average Bonchev–Trinajstić information content (AvgIpc) is 2.41. The number of hydrogen-bond acceptors (Lipinski definition) is 2. The zero-order chi connectivity index (χ0) is 14.3. The highest BCUT2D eigenvalue weighted by atomic mass is 19.1. The fraction of sp³-hybridized carbons (Fsp3) is 0.533. The van der Waals surface area contributed by atoms with E-state index in [1.54, 1.807) is 12.1 Å². The maximum atomic E-state index is 13.0. The molecule has 0 unspecified atom stereocenters. The summed E-state index contributed by atoms with van der Waals surface area (Å²) in [7, 11) is 0. The number of nitrogens with two attached hydrogens (primary N) is 1. The highest BCUT2D eigenvalue weighted by molar-refractivity contribution is 5.78. The van der Waals surface area contributed by atoms with Gasteiger partial charge in [-0.15, -0.1) is 0 Å². The first-order chi connectivity index (χ1) is 9.05. The van der Waals surface area contributed by atoms with Crippen molar-refractivity contribution in [3.63, 3.8) is 0 Å². The van der Waals surface area contributed by atoms with Crippen molar-refractivity contribution in [3.05, 3.63) is 35.6 Å². The summed E-state index contributed by atoms with van der Waals surface area (Å²) in [4.78, 5) is 11.8. The Bertz CT molecular complexity index is 408. The van der Waals surface area contributed by atoms with Gasteiger partial charge in [0, 0.05) is 6.54 Å². The van der Waals surface area contributed by atoms with Crippen LogP contribution < -0.4 is 11.1 Å². The van der Waals surface area contributed by atoms with Gasteiger partial charge in [-0.1, -0.05) is 26.0 Å². The molecule has 0 radical (unpaired) electrons. The van der Waals surface area contributed by atoms with Gasteiger partial charge in [0.1, 0.15) is 5.82 Å². The Labute approximate surface area is 114 Å². The maximum absolute atomic E-state index is 13.0. The molecular formula is C15H23FN2O. The van der Waals surface area contributed by atoms with E-state index in [2.05, 4.69) is 19.2 Å². The summed E-state index contributed by atoms with van der Waals surface area (Å²) < 4.78 is 13.0. The molecule has 0 saturated carbocycles. The van der Waals surface area contributed by atoms with Crippen molar-refractivity contribution in [1.29, 1.82) is 0 Å². The summed E-state index contributed by atoms with van der Waals surface area (Å²) in [5.74, 6) is -0.408. The van der Waals surface area contributed by atoms with Crippen molar-refractivity contribution in [2.45, 2.75) is 33.1 Å². The van der Waals surface area contributed by atoms with E-state index >= 15 is 0 Å². The van der Waals surface area contributed by atoms with Crippen LogP contribution in [0.15, 0.2) is 24.3 Å². The second kappa shape index (κ2) is 7.24. The van der Waals surface area contributed by atoms with Gasteiger partial charge in [0.25, 0.3) is 0 Å². The Morgan fingerprint density at radius 2 is 2.05 bits per heavy atom. The minimum absolute atomic E-state index is 0.0302. The molecule has 4 heteroatoms. The largest absolute Gasteiger partial charge is 0.355 e. The van der Waals surface area contributed by atoms with Crippen molar-refractivity contribution in [3.8, 4) is 0 Å². The normalized spacial score (nSPS) is 11.4. The summed E-state index contributed by atoms with van der Waals surface area (Å²) in [5, 5.41) is 2.90. The van der Waals surface area contributed by atoms with Gasteiger partial charge in [-0.3, -0.25) is 4.79 Å². The molecule has 0 atom stereocenters. The third kappa shape index (κ3) is 4.63. The molecule has 3 N–H and O–H groups in total. The zero-order valence-corrected chi connectivity index (χ0v) is 11.7. The van der Waals surface area contributed by atoms with Crippen LogP contribution in [0.25, 0.3) is 0 Å². The van der Waals surface area contributed by atoms with E-state index < -0.39 is 0 Å². The summed E-state index contributed by atoms with van der Waals surface area (Å²) >= 11 is 0. The Morgan fingerprint density at radius 3 is 2.58 bits per heavy atom. The van der Waals surface area contributed by atoms with E-state index in [1.165, 1.54) is 12.1 Å². The number of rotatable bonds is 7. The Morgan fingerprint density at radius 1 is 1.37 bits per heavy atom. The molecule has 0 aliphatic carbocycles. The van der Waals surface area contributed by atoms with Crippen molar-refractivity contribution in [2.75, 3.05) is 13.1 Å². The molecular weight excluding hydrogens is 243 g/mol. The molecule has 1 amide bonds. The van der Waals surface area contributed by atoms with Crippen molar-refractivity contribution in [2.24, 2.45) is 11.1 Å². The molecule has 0 aliphatic rings. The molecule has 106 valence electrons. The van der Waals surface area contributed by atoms with Gasteiger partial charge in [0.2, 0.25) is 5.91 Å². The van der Waals surface area contributed by atoms with Crippen LogP contribution in [-0.4, -0.2) is 19.0 Å². The molecule has 0 aromatic heterocycles. The van der Waals surface area contributed by atoms with Gasteiger partial charge >= 0.3 is 0 Å². The average molecular weight is 266 g/mol. The van der Waals surface area contributed by atoms with Gasteiger partial charge < -0.3 is 11.1 Å². The van der Waals surface area contributed by atoms with E-state index in [-0.39, 0.29) is 23.6 Å². The summed E-state index contributed by atoms with van der Waals surface area (Å²) in [6.07, 6.45) is 2.06. The highest BCUT2D eigenvalue weighted by Crippen LogP contribution is 2.23. The molecule has 0 saturated heterocycles. The molecule has 1 aromatic carbocycles. The van der Waals surface area contributed by atoms with Crippen molar-refractivity contribution in [1.82, 2.24) is 5.32 Å². The van der Waals surface area contributed by atoms with E-state index in [1.807, 2.05) is 0 Å². The minimum atomic E-state index is -0.316. The fourth-order valence-corrected chi connectivity index (χ4v) is 2.04. The van der Waals surface area contributed by atoms with Crippen LogP contribution >= 0.6 is 0 Å². The van der Waals surface area contributed by atoms with Gasteiger partial charge in [-0.05, 0) is 42.5 Å². The van der Waals surface area contributed by atoms with E-state index in [4.69, 9.17) is 5.73 Å². The minimum Gasteiger partial charge on any atom is -0.355 e. The third-order valence-electron chi connectivity index (χ3n) is 3.85. The molecule has 0 heterocycles. The number of carbonyl (C=O) groups excluding carboxylic acids is 1. The molecule has 0 aliphatic heterocycles.